The van der Waals surface area contributed by atoms with Gasteiger partial charge < -0.3 is 10.5 Å². The van der Waals surface area contributed by atoms with Crippen LogP contribution in [0, 0.1) is 11.8 Å². The number of nitrogens with zero attached hydrogens (tertiary/aromatic N) is 1. The second-order valence-electron chi connectivity index (χ2n) is 4.91. The molecule has 3 fully saturated rings. The highest BCUT2D eigenvalue weighted by molar-refractivity contribution is 5.11. The van der Waals surface area contributed by atoms with Gasteiger partial charge in [-0.05, 0) is 12.3 Å². The summed E-state index contributed by atoms with van der Waals surface area (Å²) in [6.07, 6.45) is 1.66. The van der Waals surface area contributed by atoms with E-state index in [1.165, 1.54) is 19.5 Å². The van der Waals surface area contributed by atoms with Gasteiger partial charge in [-0.2, -0.15) is 0 Å². The van der Waals surface area contributed by atoms with Gasteiger partial charge in [0.1, 0.15) is 0 Å². The normalized spacial score (nSPS) is 51.2. The number of hydrogen-bond donors (Lipinski definition) is 1. The molecule has 0 amide bonds. The summed E-state index contributed by atoms with van der Waals surface area (Å²) in [6, 6.07) is 0.934. The van der Waals surface area contributed by atoms with Crippen molar-refractivity contribution in [1.29, 1.82) is 0 Å². The molecule has 1 aliphatic carbocycles. The van der Waals surface area contributed by atoms with Crippen LogP contribution in [0.2, 0.25) is 0 Å². The molecule has 4 atom stereocenters. The van der Waals surface area contributed by atoms with Crippen LogP contribution >= 0.6 is 0 Å². The number of ether oxygens (including phenoxy) is 1. The van der Waals surface area contributed by atoms with Crippen LogP contribution in [0.3, 0.4) is 0 Å². The van der Waals surface area contributed by atoms with E-state index < -0.39 is 0 Å². The highest BCUT2D eigenvalue weighted by atomic mass is 16.5. The first-order valence-corrected chi connectivity index (χ1v) is 5.38. The quantitative estimate of drug-likeness (QED) is 0.623. The molecule has 13 heavy (non-hydrogen) atoms. The molecule has 3 nitrogen and oxygen atoms in total. The highest BCUT2D eigenvalue weighted by Crippen LogP contribution is 2.42. The molecule has 0 aromatic rings. The number of likely N-dealkylation sites (tertiary alicyclic amines) is 1. The molecule has 1 saturated carbocycles. The van der Waals surface area contributed by atoms with Crippen LogP contribution in [0.1, 0.15) is 13.3 Å². The Hall–Kier alpha value is -0.120. The Kier molecular flexibility index (Phi) is 1.70. The Bertz CT molecular complexity index is 215. The SMILES string of the molecule is CC1CN(C2C(N)C3CCOC32)C1. The molecule has 0 aromatic carbocycles. The Balaban J connectivity index is 1.66. The summed E-state index contributed by atoms with van der Waals surface area (Å²) in [5.74, 6) is 1.54. The van der Waals surface area contributed by atoms with Crippen LogP contribution in [-0.2, 0) is 4.74 Å². The van der Waals surface area contributed by atoms with Crippen LogP contribution in [0.5, 0.6) is 0 Å². The van der Waals surface area contributed by atoms with Crippen molar-refractivity contribution >= 4 is 0 Å². The second kappa shape index (κ2) is 2.69. The summed E-state index contributed by atoms with van der Waals surface area (Å²) in [5.41, 5.74) is 6.14. The van der Waals surface area contributed by atoms with Crippen LogP contribution in [0.15, 0.2) is 0 Å². The minimum Gasteiger partial charge on any atom is -0.376 e. The van der Waals surface area contributed by atoms with Crippen molar-refractivity contribution in [3.05, 3.63) is 0 Å². The van der Waals surface area contributed by atoms with E-state index in [0.29, 0.717) is 24.1 Å². The average molecular weight is 182 g/mol. The van der Waals surface area contributed by atoms with Gasteiger partial charge >= 0.3 is 0 Å². The molecule has 2 heterocycles. The molecular formula is C10H18N2O. The van der Waals surface area contributed by atoms with Crippen LogP contribution in [0.4, 0.5) is 0 Å². The van der Waals surface area contributed by atoms with E-state index in [2.05, 4.69) is 11.8 Å². The Labute approximate surface area is 79.2 Å². The fraction of sp³-hybridized carbons (Fsp3) is 1.00. The maximum atomic E-state index is 6.14. The topological polar surface area (TPSA) is 38.5 Å². The molecule has 0 bridgehead atoms. The molecule has 4 unspecified atom stereocenters. The van der Waals surface area contributed by atoms with Crippen LogP contribution < -0.4 is 5.73 Å². The fourth-order valence-electron chi connectivity index (χ4n) is 3.16. The van der Waals surface area contributed by atoms with Gasteiger partial charge in [-0.25, -0.2) is 0 Å². The van der Waals surface area contributed by atoms with Crippen LogP contribution in [-0.4, -0.2) is 42.8 Å². The van der Waals surface area contributed by atoms with Gasteiger partial charge in [0.2, 0.25) is 0 Å². The first kappa shape index (κ1) is 8.21. The Morgan fingerprint density at radius 2 is 2.15 bits per heavy atom. The van der Waals surface area contributed by atoms with E-state index in [0.717, 1.165) is 12.5 Å². The van der Waals surface area contributed by atoms with Gasteiger partial charge in [0.25, 0.3) is 0 Å². The lowest BCUT2D eigenvalue weighted by Gasteiger charge is -2.55. The second-order valence-corrected chi connectivity index (χ2v) is 4.91. The van der Waals surface area contributed by atoms with Gasteiger partial charge in [-0.15, -0.1) is 0 Å². The molecule has 2 N–H and O–H groups in total. The zero-order valence-corrected chi connectivity index (χ0v) is 8.15. The minimum atomic E-state index is 0.389. The number of nitrogens with two attached hydrogens (primary N) is 1. The predicted molar refractivity (Wildman–Crippen MR) is 50.3 cm³/mol. The van der Waals surface area contributed by atoms with E-state index in [9.17, 15) is 0 Å². The standard InChI is InChI=1S/C10H18N2O/c1-6-4-12(5-6)9-8(11)7-2-3-13-10(7)9/h6-10H,2-5,11H2,1H3. The zero-order chi connectivity index (χ0) is 9.00. The smallest absolute Gasteiger partial charge is 0.0789 e. The summed E-state index contributed by atoms with van der Waals surface area (Å²) >= 11 is 0. The van der Waals surface area contributed by atoms with Gasteiger partial charge in [-0.3, -0.25) is 4.90 Å². The van der Waals surface area contributed by atoms with E-state index in [4.69, 9.17) is 10.5 Å². The van der Waals surface area contributed by atoms with E-state index in [1.807, 2.05) is 0 Å². The molecule has 0 spiro atoms. The van der Waals surface area contributed by atoms with Gasteiger partial charge in [0.05, 0.1) is 12.1 Å². The molecule has 0 radical (unpaired) electrons. The van der Waals surface area contributed by atoms with Crippen molar-refractivity contribution < 1.29 is 4.74 Å². The third-order valence-corrected chi connectivity index (χ3v) is 3.92. The summed E-state index contributed by atoms with van der Waals surface area (Å²) in [4.78, 5) is 2.50. The molecule has 3 heteroatoms. The van der Waals surface area contributed by atoms with E-state index >= 15 is 0 Å². The molecule has 74 valence electrons. The van der Waals surface area contributed by atoms with Gasteiger partial charge in [-0.1, -0.05) is 6.92 Å². The summed E-state index contributed by atoms with van der Waals surface area (Å²) in [6.45, 7) is 5.69. The lowest BCUT2D eigenvalue weighted by molar-refractivity contribution is -0.106. The monoisotopic (exact) mass is 182 g/mol. The summed E-state index contributed by atoms with van der Waals surface area (Å²) < 4.78 is 5.71. The lowest BCUT2D eigenvalue weighted by Crippen LogP contribution is -2.72. The maximum absolute atomic E-state index is 6.14. The first-order valence-electron chi connectivity index (χ1n) is 5.38. The number of fused-ring (bicyclic) bond motifs is 1. The average Bonchev–Trinajstić information content (AvgIpc) is 2.46. The third-order valence-electron chi connectivity index (χ3n) is 3.92. The predicted octanol–water partition coefficient (Wildman–Crippen LogP) is 0.0527. The fourth-order valence-corrected chi connectivity index (χ4v) is 3.16. The largest absolute Gasteiger partial charge is 0.376 e. The third kappa shape index (κ3) is 1.01. The summed E-state index contributed by atoms with van der Waals surface area (Å²) in [7, 11) is 0. The van der Waals surface area contributed by atoms with Crippen molar-refractivity contribution in [3.63, 3.8) is 0 Å². The Morgan fingerprint density at radius 3 is 2.85 bits per heavy atom. The molecule has 2 saturated heterocycles. The van der Waals surface area contributed by atoms with E-state index in [1.54, 1.807) is 0 Å². The maximum Gasteiger partial charge on any atom is 0.0789 e. The van der Waals surface area contributed by atoms with Crippen molar-refractivity contribution in [2.75, 3.05) is 19.7 Å². The lowest BCUT2D eigenvalue weighted by atomic mass is 9.70. The molecule has 3 rings (SSSR count). The molecular weight excluding hydrogens is 164 g/mol. The molecule has 2 aliphatic heterocycles. The molecule has 0 aromatic heterocycles. The van der Waals surface area contributed by atoms with Crippen LogP contribution in [0.25, 0.3) is 0 Å². The number of rotatable bonds is 1. The first-order chi connectivity index (χ1) is 6.27. The van der Waals surface area contributed by atoms with Crippen molar-refractivity contribution in [3.8, 4) is 0 Å². The van der Waals surface area contributed by atoms with Crippen molar-refractivity contribution in [1.82, 2.24) is 4.90 Å². The Morgan fingerprint density at radius 1 is 1.38 bits per heavy atom. The van der Waals surface area contributed by atoms with Crippen molar-refractivity contribution in [2.24, 2.45) is 17.6 Å². The van der Waals surface area contributed by atoms with Gasteiger partial charge in [0, 0.05) is 31.7 Å². The van der Waals surface area contributed by atoms with E-state index in [-0.39, 0.29) is 0 Å². The zero-order valence-electron chi connectivity index (χ0n) is 8.15. The number of hydrogen-bond acceptors (Lipinski definition) is 3. The summed E-state index contributed by atoms with van der Waals surface area (Å²) in [5, 5.41) is 0. The minimum absolute atomic E-state index is 0.389. The van der Waals surface area contributed by atoms with Crippen molar-refractivity contribution in [2.45, 2.75) is 31.5 Å². The van der Waals surface area contributed by atoms with Gasteiger partial charge in [0.15, 0.2) is 0 Å². The highest BCUT2D eigenvalue weighted by Gasteiger charge is 2.55. The molecule has 3 aliphatic rings.